The van der Waals surface area contributed by atoms with Gasteiger partial charge in [0, 0.05) is 0 Å². The molecule has 0 amide bonds. The smallest absolute Gasteiger partial charge is 0.0414 e. The zero-order valence-corrected chi connectivity index (χ0v) is 17.0. The maximum Gasteiger partial charge on any atom is -0.0414 e. The quantitative estimate of drug-likeness (QED) is 0.234. The van der Waals surface area contributed by atoms with Crippen LogP contribution in [0.5, 0.6) is 0 Å². The normalized spacial score (nSPS) is 15.8. The lowest BCUT2D eigenvalue weighted by Crippen LogP contribution is -1.98. The van der Waals surface area contributed by atoms with E-state index in [4.69, 9.17) is 0 Å². The molecule has 0 aromatic carbocycles. The summed E-state index contributed by atoms with van der Waals surface area (Å²) in [6.07, 6.45) is 28.4. The maximum absolute atomic E-state index is 2.30. The first-order chi connectivity index (χ1) is 11.4. The van der Waals surface area contributed by atoms with Crippen molar-refractivity contribution in [1.29, 1.82) is 0 Å². The second-order valence-electron chi connectivity index (χ2n) is 7.54. The highest BCUT2D eigenvalue weighted by molar-refractivity contribution is 4.64. The minimum absolute atomic E-state index is 1.09. The highest BCUT2D eigenvalue weighted by Crippen LogP contribution is 2.27. The van der Waals surface area contributed by atoms with Gasteiger partial charge in [0.15, 0.2) is 0 Å². The summed E-state index contributed by atoms with van der Waals surface area (Å²) in [6.45, 7) is 6.30. The van der Waals surface area contributed by atoms with Crippen molar-refractivity contribution in [3.8, 4) is 0 Å². The summed E-state index contributed by atoms with van der Waals surface area (Å²) in [6, 6.07) is 0. The fraction of sp³-hybridized carbons (Fsp3) is 1.00. The van der Waals surface area contributed by atoms with Gasteiger partial charge in [0.2, 0.25) is 0 Å². The van der Waals surface area contributed by atoms with E-state index < -0.39 is 0 Å². The van der Waals surface area contributed by atoms with Gasteiger partial charge in [-0.25, -0.2) is 0 Å². The first-order valence-electron chi connectivity index (χ1n) is 11.4. The van der Waals surface area contributed by atoms with Crippen LogP contribution in [0, 0.1) is 5.92 Å². The van der Waals surface area contributed by atoms with Crippen LogP contribution in [0.1, 0.15) is 143 Å². The Morgan fingerprint density at radius 1 is 0.522 bits per heavy atom. The molecular formula is C23H48. The zero-order valence-electron chi connectivity index (χ0n) is 17.0. The summed E-state index contributed by atoms with van der Waals surface area (Å²) >= 11 is 0. The predicted octanol–water partition coefficient (Wildman–Crippen LogP) is 9.07. The van der Waals surface area contributed by atoms with Crippen molar-refractivity contribution in [3.63, 3.8) is 0 Å². The Labute approximate surface area is 149 Å². The van der Waals surface area contributed by atoms with Gasteiger partial charge < -0.3 is 0 Å². The molecular weight excluding hydrogens is 276 g/mol. The highest BCUT2D eigenvalue weighted by Gasteiger charge is 2.11. The van der Waals surface area contributed by atoms with Gasteiger partial charge in [-0.1, -0.05) is 143 Å². The van der Waals surface area contributed by atoms with Gasteiger partial charge in [-0.2, -0.15) is 0 Å². The third-order valence-electron chi connectivity index (χ3n) is 5.44. The zero-order chi connectivity index (χ0) is 17.0. The van der Waals surface area contributed by atoms with Gasteiger partial charge in [-0.3, -0.25) is 0 Å². The topological polar surface area (TPSA) is 0 Å². The second kappa shape index (κ2) is 20.0. The van der Waals surface area contributed by atoms with Crippen LogP contribution in [0.25, 0.3) is 0 Å². The van der Waals surface area contributed by atoms with E-state index in [1.807, 2.05) is 13.8 Å². The van der Waals surface area contributed by atoms with Crippen molar-refractivity contribution in [1.82, 2.24) is 0 Å². The number of rotatable bonds is 13. The van der Waals surface area contributed by atoms with Crippen LogP contribution in [0.3, 0.4) is 0 Å². The molecule has 0 aliphatic heterocycles. The minimum atomic E-state index is 1.09. The standard InChI is InChI=1S/C21H42.C2H6/c1-2-3-4-5-6-7-8-9-10-11-12-15-18-21-19-16-13-14-17-20-21;1-2/h21H,2-20H2,1H3;1-2H3. The Bertz CT molecular complexity index is 188. The lowest BCUT2D eigenvalue weighted by molar-refractivity contribution is 0.404. The first-order valence-corrected chi connectivity index (χ1v) is 11.4. The molecule has 0 aromatic rings. The van der Waals surface area contributed by atoms with Crippen molar-refractivity contribution in [2.24, 2.45) is 5.92 Å². The molecule has 0 atom stereocenters. The largest absolute Gasteiger partial charge is 0.0683 e. The van der Waals surface area contributed by atoms with Crippen molar-refractivity contribution < 1.29 is 0 Å². The number of hydrogen-bond acceptors (Lipinski definition) is 0. The van der Waals surface area contributed by atoms with Crippen LogP contribution in [0.15, 0.2) is 0 Å². The van der Waals surface area contributed by atoms with Gasteiger partial charge in [0.05, 0.1) is 0 Å². The molecule has 0 nitrogen and oxygen atoms in total. The molecule has 0 saturated heterocycles. The Hall–Kier alpha value is 0. The Kier molecular flexibility index (Phi) is 20.0. The third-order valence-corrected chi connectivity index (χ3v) is 5.44. The van der Waals surface area contributed by atoms with E-state index in [2.05, 4.69) is 6.92 Å². The van der Waals surface area contributed by atoms with E-state index in [-0.39, 0.29) is 0 Å². The molecule has 0 spiro atoms. The second-order valence-corrected chi connectivity index (χ2v) is 7.54. The van der Waals surface area contributed by atoms with Gasteiger partial charge in [0.1, 0.15) is 0 Å². The monoisotopic (exact) mass is 324 g/mol. The molecule has 1 fully saturated rings. The fourth-order valence-corrected chi connectivity index (χ4v) is 3.93. The van der Waals surface area contributed by atoms with Crippen molar-refractivity contribution in [2.75, 3.05) is 0 Å². The van der Waals surface area contributed by atoms with Crippen molar-refractivity contribution >= 4 is 0 Å². The summed E-state index contributed by atoms with van der Waals surface area (Å²) in [5, 5.41) is 0. The molecule has 0 heterocycles. The predicted molar refractivity (Wildman–Crippen MR) is 108 cm³/mol. The molecule has 1 aliphatic rings. The average molecular weight is 325 g/mol. The van der Waals surface area contributed by atoms with Crippen LogP contribution < -0.4 is 0 Å². The Morgan fingerprint density at radius 2 is 0.913 bits per heavy atom. The molecule has 0 heteroatoms. The van der Waals surface area contributed by atoms with Gasteiger partial charge >= 0.3 is 0 Å². The maximum atomic E-state index is 2.30. The first kappa shape index (κ1) is 23.0. The Balaban J connectivity index is 0.00000232. The summed E-state index contributed by atoms with van der Waals surface area (Å²) < 4.78 is 0. The van der Waals surface area contributed by atoms with E-state index in [0.29, 0.717) is 0 Å². The summed E-state index contributed by atoms with van der Waals surface area (Å²) in [5.74, 6) is 1.09. The minimum Gasteiger partial charge on any atom is -0.0683 e. The van der Waals surface area contributed by atoms with Crippen LogP contribution in [0.2, 0.25) is 0 Å². The third kappa shape index (κ3) is 16.6. The summed E-state index contributed by atoms with van der Waals surface area (Å²) in [5.41, 5.74) is 0. The highest BCUT2D eigenvalue weighted by atomic mass is 14.2. The van der Waals surface area contributed by atoms with E-state index in [9.17, 15) is 0 Å². The SMILES string of the molecule is CC.CCCCCCCCCCCCCCC1CCCCCC1. The van der Waals surface area contributed by atoms with E-state index in [1.165, 1.54) is 122 Å². The van der Waals surface area contributed by atoms with Crippen molar-refractivity contribution in [3.05, 3.63) is 0 Å². The molecule has 1 aliphatic carbocycles. The van der Waals surface area contributed by atoms with Crippen molar-refractivity contribution in [2.45, 2.75) is 143 Å². The van der Waals surface area contributed by atoms with Crippen LogP contribution in [-0.4, -0.2) is 0 Å². The lowest BCUT2D eigenvalue weighted by atomic mass is 9.93. The molecule has 0 radical (unpaired) electrons. The summed E-state index contributed by atoms with van der Waals surface area (Å²) in [7, 11) is 0. The van der Waals surface area contributed by atoms with Gasteiger partial charge in [-0.05, 0) is 5.92 Å². The van der Waals surface area contributed by atoms with Gasteiger partial charge in [0.25, 0.3) is 0 Å². The molecule has 140 valence electrons. The van der Waals surface area contributed by atoms with Gasteiger partial charge in [-0.15, -0.1) is 0 Å². The van der Waals surface area contributed by atoms with Crippen LogP contribution in [-0.2, 0) is 0 Å². The van der Waals surface area contributed by atoms with E-state index >= 15 is 0 Å². The molecule has 0 aromatic heterocycles. The molecule has 23 heavy (non-hydrogen) atoms. The van der Waals surface area contributed by atoms with Crippen LogP contribution in [0.4, 0.5) is 0 Å². The van der Waals surface area contributed by atoms with E-state index in [0.717, 1.165) is 5.92 Å². The Morgan fingerprint density at radius 3 is 1.35 bits per heavy atom. The number of unbranched alkanes of at least 4 members (excludes halogenated alkanes) is 11. The molecule has 0 unspecified atom stereocenters. The number of hydrogen-bond donors (Lipinski definition) is 0. The molecule has 0 bridgehead atoms. The molecule has 1 saturated carbocycles. The fourth-order valence-electron chi connectivity index (χ4n) is 3.93. The van der Waals surface area contributed by atoms with Crippen LogP contribution >= 0.6 is 0 Å². The van der Waals surface area contributed by atoms with E-state index in [1.54, 1.807) is 0 Å². The molecule has 0 N–H and O–H groups in total. The molecule has 1 rings (SSSR count). The lowest BCUT2D eigenvalue weighted by Gasteiger charge is -2.13. The average Bonchev–Trinajstić information content (AvgIpc) is 2.86. The summed E-state index contributed by atoms with van der Waals surface area (Å²) in [4.78, 5) is 0.